The zero-order valence-electron chi connectivity index (χ0n) is 11.9. The Bertz CT molecular complexity index is 526. The first-order valence-corrected chi connectivity index (χ1v) is 6.65. The van der Waals surface area contributed by atoms with E-state index in [9.17, 15) is 0 Å². The van der Waals surface area contributed by atoms with Gasteiger partial charge in [-0.05, 0) is 36.7 Å². The summed E-state index contributed by atoms with van der Waals surface area (Å²) in [4.78, 5) is 4.18. The Balaban J connectivity index is 1.78. The molecule has 1 heterocycles. The molecular weight excluding hydrogens is 252 g/mol. The van der Waals surface area contributed by atoms with Crippen molar-refractivity contribution in [2.75, 3.05) is 20.8 Å². The summed E-state index contributed by atoms with van der Waals surface area (Å²) in [6.07, 6.45) is 2.71. The standard InChI is InChI=1S/C16H20N2O2/c1-19-15-7-5-13(6-8-15)9-11-17-12-14-4-3-10-18-16(14)20-2/h3-8,10,17H,9,11-12H2,1-2H3. The number of rotatable bonds is 7. The van der Waals surface area contributed by atoms with E-state index in [-0.39, 0.29) is 0 Å². The normalized spacial score (nSPS) is 10.3. The smallest absolute Gasteiger partial charge is 0.217 e. The van der Waals surface area contributed by atoms with Crippen LogP contribution in [-0.4, -0.2) is 25.7 Å². The molecule has 0 saturated heterocycles. The minimum absolute atomic E-state index is 0.685. The van der Waals surface area contributed by atoms with Crippen LogP contribution < -0.4 is 14.8 Å². The molecule has 0 aliphatic heterocycles. The van der Waals surface area contributed by atoms with Gasteiger partial charge in [0.25, 0.3) is 0 Å². The van der Waals surface area contributed by atoms with Crippen molar-refractivity contribution in [3.8, 4) is 11.6 Å². The first kappa shape index (κ1) is 14.3. The molecule has 0 aliphatic rings. The fraction of sp³-hybridized carbons (Fsp3) is 0.312. The maximum Gasteiger partial charge on any atom is 0.217 e. The summed E-state index contributed by atoms with van der Waals surface area (Å²) in [6.45, 7) is 1.66. The Morgan fingerprint density at radius 1 is 1.05 bits per heavy atom. The lowest BCUT2D eigenvalue weighted by Crippen LogP contribution is -2.17. The highest BCUT2D eigenvalue weighted by Gasteiger charge is 2.02. The molecule has 0 saturated carbocycles. The van der Waals surface area contributed by atoms with Crippen LogP contribution in [0.4, 0.5) is 0 Å². The maximum atomic E-state index is 5.22. The molecule has 1 N–H and O–H groups in total. The molecule has 0 bridgehead atoms. The molecule has 0 aliphatic carbocycles. The van der Waals surface area contributed by atoms with Gasteiger partial charge in [-0.1, -0.05) is 18.2 Å². The zero-order chi connectivity index (χ0) is 14.2. The predicted octanol–water partition coefficient (Wildman–Crippen LogP) is 2.43. The van der Waals surface area contributed by atoms with Gasteiger partial charge in [-0.2, -0.15) is 0 Å². The lowest BCUT2D eigenvalue weighted by Gasteiger charge is -2.08. The zero-order valence-corrected chi connectivity index (χ0v) is 11.9. The molecule has 0 unspecified atom stereocenters. The highest BCUT2D eigenvalue weighted by Crippen LogP contribution is 2.13. The van der Waals surface area contributed by atoms with Crippen LogP contribution in [0, 0.1) is 0 Å². The summed E-state index contributed by atoms with van der Waals surface area (Å²) in [5.74, 6) is 1.58. The molecule has 2 rings (SSSR count). The van der Waals surface area contributed by atoms with Crippen LogP contribution in [0.25, 0.3) is 0 Å². The first-order chi connectivity index (χ1) is 9.83. The van der Waals surface area contributed by atoms with Crippen LogP contribution in [0.2, 0.25) is 0 Å². The second-order valence-electron chi connectivity index (χ2n) is 4.45. The van der Waals surface area contributed by atoms with E-state index < -0.39 is 0 Å². The van der Waals surface area contributed by atoms with Gasteiger partial charge in [-0.25, -0.2) is 4.98 Å². The van der Waals surface area contributed by atoms with Crippen LogP contribution >= 0.6 is 0 Å². The van der Waals surface area contributed by atoms with E-state index in [0.29, 0.717) is 5.88 Å². The minimum Gasteiger partial charge on any atom is -0.497 e. The van der Waals surface area contributed by atoms with Crippen molar-refractivity contribution in [1.29, 1.82) is 0 Å². The Morgan fingerprint density at radius 2 is 1.85 bits per heavy atom. The molecule has 1 aromatic heterocycles. The van der Waals surface area contributed by atoms with Gasteiger partial charge in [0, 0.05) is 18.3 Å². The third-order valence-corrected chi connectivity index (χ3v) is 3.11. The Kier molecular flexibility index (Phi) is 5.38. The van der Waals surface area contributed by atoms with E-state index in [1.165, 1.54) is 5.56 Å². The number of nitrogens with one attached hydrogen (secondary N) is 1. The second kappa shape index (κ2) is 7.50. The molecule has 4 heteroatoms. The van der Waals surface area contributed by atoms with Crippen molar-refractivity contribution in [3.05, 3.63) is 53.7 Å². The monoisotopic (exact) mass is 272 g/mol. The molecule has 2 aromatic rings. The van der Waals surface area contributed by atoms with Crippen LogP contribution in [0.15, 0.2) is 42.6 Å². The Morgan fingerprint density at radius 3 is 2.55 bits per heavy atom. The minimum atomic E-state index is 0.685. The number of hydrogen-bond acceptors (Lipinski definition) is 4. The molecular formula is C16H20N2O2. The van der Waals surface area contributed by atoms with Gasteiger partial charge in [0.1, 0.15) is 5.75 Å². The van der Waals surface area contributed by atoms with Crippen LogP contribution in [0.3, 0.4) is 0 Å². The molecule has 0 amide bonds. The van der Waals surface area contributed by atoms with E-state index in [1.807, 2.05) is 24.3 Å². The topological polar surface area (TPSA) is 43.4 Å². The maximum absolute atomic E-state index is 5.22. The molecule has 0 spiro atoms. The van der Waals surface area contributed by atoms with Gasteiger partial charge in [-0.3, -0.25) is 0 Å². The predicted molar refractivity (Wildman–Crippen MR) is 79.2 cm³/mol. The van der Waals surface area contributed by atoms with Gasteiger partial charge in [0.15, 0.2) is 0 Å². The van der Waals surface area contributed by atoms with Crippen LogP contribution in [0.1, 0.15) is 11.1 Å². The lowest BCUT2D eigenvalue weighted by atomic mass is 10.1. The van der Waals surface area contributed by atoms with Crippen molar-refractivity contribution in [2.45, 2.75) is 13.0 Å². The van der Waals surface area contributed by atoms with E-state index in [1.54, 1.807) is 20.4 Å². The molecule has 0 atom stereocenters. The summed E-state index contributed by atoms with van der Waals surface area (Å²) < 4.78 is 10.4. The van der Waals surface area contributed by atoms with Crippen molar-refractivity contribution in [1.82, 2.24) is 10.3 Å². The van der Waals surface area contributed by atoms with E-state index in [2.05, 4.69) is 22.4 Å². The van der Waals surface area contributed by atoms with Crippen molar-refractivity contribution >= 4 is 0 Å². The van der Waals surface area contributed by atoms with Crippen LogP contribution in [0.5, 0.6) is 11.6 Å². The van der Waals surface area contributed by atoms with Gasteiger partial charge in [0.2, 0.25) is 5.88 Å². The quantitative estimate of drug-likeness (QED) is 0.786. The van der Waals surface area contributed by atoms with E-state index in [4.69, 9.17) is 9.47 Å². The lowest BCUT2D eigenvalue weighted by molar-refractivity contribution is 0.390. The summed E-state index contributed by atoms with van der Waals surface area (Å²) in [6, 6.07) is 12.1. The first-order valence-electron chi connectivity index (χ1n) is 6.65. The van der Waals surface area contributed by atoms with Crippen molar-refractivity contribution in [2.24, 2.45) is 0 Å². The molecule has 0 fully saturated rings. The number of aromatic nitrogens is 1. The molecule has 0 radical (unpaired) electrons. The van der Waals surface area contributed by atoms with Gasteiger partial charge < -0.3 is 14.8 Å². The van der Waals surface area contributed by atoms with E-state index in [0.717, 1.165) is 30.8 Å². The van der Waals surface area contributed by atoms with E-state index >= 15 is 0 Å². The Hall–Kier alpha value is -2.07. The summed E-state index contributed by atoms with van der Waals surface area (Å²) in [5, 5.41) is 3.40. The fourth-order valence-electron chi connectivity index (χ4n) is 1.99. The SMILES string of the molecule is COc1ccc(CCNCc2cccnc2OC)cc1. The summed E-state index contributed by atoms with van der Waals surface area (Å²) >= 11 is 0. The van der Waals surface area contributed by atoms with Crippen LogP contribution in [-0.2, 0) is 13.0 Å². The molecule has 4 nitrogen and oxygen atoms in total. The highest BCUT2D eigenvalue weighted by atomic mass is 16.5. The molecule has 106 valence electrons. The largest absolute Gasteiger partial charge is 0.497 e. The van der Waals surface area contributed by atoms with Gasteiger partial charge in [0.05, 0.1) is 14.2 Å². The Labute approximate surface area is 119 Å². The summed E-state index contributed by atoms with van der Waals surface area (Å²) in [7, 11) is 3.32. The number of hydrogen-bond donors (Lipinski definition) is 1. The van der Waals surface area contributed by atoms with Gasteiger partial charge >= 0.3 is 0 Å². The third kappa shape index (κ3) is 3.96. The average Bonchev–Trinajstić information content (AvgIpc) is 2.52. The number of pyridine rings is 1. The number of methoxy groups -OCH3 is 2. The molecule has 20 heavy (non-hydrogen) atoms. The fourth-order valence-corrected chi connectivity index (χ4v) is 1.99. The second-order valence-corrected chi connectivity index (χ2v) is 4.45. The average molecular weight is 272 g/mol. The number of ether oxygens (including phenoxy) is 2. The highest BCUT2D eigenvalue weighted by molar-refractivity contribution is 5.27. The molecule has 1 aromatic carbocycles. The number of benzene rings is 1. The van der Waals surface area contributed by atoms with Crippen molar-refractivity contribution in [3.63, 3.8) is 0 Å². The summed E-state index contributed by atoms with van der Waals surface area (Å²) in [5.41, 5.74) is 2.36. The third-order valence-electron chi connectivity index (χ3n) is 3.11. The van der Waals surface area contributed by atoms with Crippen molar-refractivity contribution < 1.29 is 9.47 Å². The number of nitrogens with zero attached hydrogens (tertiary/aromatic N) is 1. The van der Waals surface area contributed by atoms with Gasteiger partial charge in [-0.15, -0.1) is 0 Å².